The van der Waals surface area contributed by atoms with Crippen LogP contribution in [0.25, 0.3) is 5.69 Å². The maximum Gasteiger partial charge on any atom is 0.235 e. The van der Waals surface area contributed by atoms with Gasteiger partial charge in [-0.25, -0.2) is 0 Å². The molecule has 6 nitrogen and oxygen atoms in total. The van der Waals surface area contributed by atoms with Gasteiger partial charge in [-0.15, -0.1) is 5.10 Å². The number of carbonyl (C=O) groups is 1. The van der Waals surface area contributed by atoms with Crippen molar-refractivity contribution in [3.8, 4) is 5.69 Å². The van der Waals surface area contributed by atoms with Crippen LogP contribution in [0.5, 0.6) is 0 Å². The molecule has 0 radical (unpaired) electrons. The van der Waals surface area contributed by atoms with Crippen molar-refractivity contribution >= 4 is 17.7 Å². The highest BCUT2D eigenvalue weighted by Gasteiger charge is 2.26. The van der Waals surface area contributed by atoms with Gasteiger partial charge in [0.15, 0.2) is 0 Å². The lowest BCUT2D eigenvalue weighted by Gasteiger charge is -2.31. The number of para-hydroxylation sites is 1. The highest BCUT2D eigenvalue weighted by molar-refractivity contribution is 8.00. The van der Waals surface area contributed by atoms with Crippen LogP contribution in [-0.2, 0) is 4.79 Å². The first kappa shape index (κ1) is 17.0. The number of piperidine rings is 1. The number of hydrogen-bond donors (Lipinski definition) is 0. The zero-order valence-corrected chi connectivity index (χ0v) is 15.2. The van der Waals surface area contributed by atoms with E-state index in [2.05, 4.69) is 22.4 Å². The topological polar surface area (TPSA) is 63.9 Å². The molecule has 0 aliphatic carbocycles. The summed E-state index contributed by atoms with van der Waals surface area (Å²) in [5.41, 5.74) is 2.03. The van der Waals surface area contributed by atoms with Crippen molar-refractivity contribution in [3.05, 3.63) is 29.8 Å². The van der Waals surface area contributed by atoms with Gasteiger partial charge < -0.3 is 4.90 Å². The molecule has 1 aromatic carbocycles. The third kappa shape index (κ3) is 3.61. The summed E-state index contributed by atoms with van der Waals surface area (Å²) in [5.74, 6) is 0.886. The molecule has 1 aliphatic heterocycles. The number of carbonyl (C=O) groups excluding carboxylic acids is 1. The molecule has 1 aliphatic rings. The lowest BCUT2D eigenvalue weighted by Crippen LogP contribution is -2.41. The maximum atomic E-state index is 12.7. The van der Waals surface area contributed by atoms with E-state index in [9.17, 15) is 4.79 Å². The minimum absolute atomic E-state index is 0.172. The predicted molar refractivity (Wildman–Crippen MR) is 94.2 cm³/mol. The minimum Gasteiger partial charge on any atom is -0.342 e. The van der Waals surface area contributed by atoms with Gasteiger partial charge >= 0.3 is 0 Å². The quantitative estimate of drug-likeness (QED) is 0.797. The Bertz CT molecular complexity index is 709. The van der Waals surface area contributed by atoms with Gasteiger partial charge in [-0.1, -0.05) is 36.9 Å². The van der Waals surface area contributed by atoms with E-state index >= 15 is 0 Å². The first-order valence-corrected chi connectivity index (χ1v) is 9.24. The summed E-state index contributed by atoms with van der Waals surface area (Å²) in [6.45, 7) is 7.91. The number of amides is 1. The molecule has 1 atom stereocenters. The van der Waals surface area contributed by atoms with Crippen LogP contribution in [0.3, 0.4) is 0 Å². The monoisotopic (exact) mass is 345 g/mol. The van der Waals surface area contributed by atoms with Crippen LogP contribution >= 0.6 is 11.8 Å². The van der Waals surface area contributed by atoms with Crippen molar-refractivity contribution in [2.45, 2.75) is 44.0 Å². The largest absolute Gasteiger partial charge is 0.342 e. The van der Waals surface area contributed by atoms with Gasteiger partial charge in [-0.05, 0) is 54.7 Å². The summed E-state index contributed by atoms with van der Waals surface area (Å²) in [7, 11) is 0. The van der Waals surface area contributed by atoms with Crippen LogP contribution in [0.15, 0.2) is 29.4 Å². The molecule has 1 saturated heterocycles. The number of nitrogens with zero attached hydrogens (tertiary/aromatic N) is 5. The number of benzene rings is 1. The van der Waals surface area contributed by atoms with Gasteiger partial charge in [-0.2, -0.15) is 4.68 Å². The van der Waals surface area contributed by atoms with Crippen molar-refractivity contribution in [2.75, 3.05) is 13.1 Å². The van der Waals surface area contributed by atoms with Crippen LogP contribution in [-0.4, -0.2) is 49.4 Å². The lowest BCUT2D eigenvalue weighted by molar-refractivity contribution is -0.131. The normalized spacial score (nSPS) is 17.0. The summed E-state index contributed by atoms with van der Waals surface area (Å²) in [6.07, 6.45) is 2.17. The Kier molecular flexibility index (Phi) is 5.18. The molecule has 1 fully saturated rings. The summed E-state index contributed by atoms with van der Waals surface area (Å²) in [4.78, 5) is 14.6. The highest BCUT2D eigenvalue weighted by Crippen LogP contribution is 2.26. The number of tetrazole rings is 1. The average Bonchev–Trinajstić information content (AvgIpc) is 3.03. The van der Waals surface area contributed by atoms with E-state index in [0.29, 0.717) is 11.1 Å². The summed E-state index contributed by atoms with van der Waals surface area (Å²) in [6, 6.07) is 7.95. The molecule has 1 unspecified atom stereocenters. The lowest BCUT2D eigenvalue weighted by atomic mass is 9.99. The number of thioether (sulfide) groups is 1. The molecular formula is C17H23N5OS. The molecule has 1 amide bonds. The molecule has 2 aromatic rings. The third-order valence-electron chi connectivity index (χ3n) is 4.51. The molecule has 0 spiro atoms. The van der Waals surface area contributed by atoms with E-state index < -0.39 is 0 Å². The SMILES string of the molecule is Cc1ccccc1-n1nnnc1SC(C)C(=O)N1CCC(C)CC1. The van der Waals surface area contributed by atoms with E-state index in [1.807, 2.05) is 43.0 Å². The summed E-state index contributed by atoms with van der Waals surface area (Å²) in [5, 5.41) is 12.4. The Balaban J connectivity index is 1.72. The zero-order valence-electron chi connectivity index (χ0n) is 14.3. The van der Waals surface area contributed by atoms with E-state index in [0.717, 1.165) is 37.2 Å². The van der Waals surface area contributed by atoms with Gasteiger partial charge in [-0.3, -0.25) is 4.79 Å². The van der Waals surface area contributed by atoms with E-state index in [1.54, 1.807) is 4.68 Å². The molecule has 128 valence electrons. The Hall–Kier alpha value is -1.89. The second-order valence-electron chi connectivity index (χ2n) is 6.43. The smallest absolute Gasteiger partial charge is 0.235 e. The van der Waals surface area contributed by atoms with Crippen molar-refractivity contribution in [1.82, 2.24) is 25.1 Å². The van der Waals surface area contributed by atoms with E-state index in [4.69, 9.17) is 0 Å². The molecule has 7 heteroatoms. The van der Waals surface area contributed by atoms with Crippen LogP contribution in [0.2, 0.25) is 0 Å². The fourth-order valence-electron chi connectivity index (χ4n) is 2.90. The van der Waals surface area contributed by atoms with Crippen molar-refractivity contribution in [2.24, 2.45) is 5.92 Å². The molecule has 2 heterocycles. The predicted octanol–water partition coefficient (Wildman–Crippen LogP) is 2.71. The Morgan fingerprint density at radius 2 is 2.00 bits per heavy atom. The molecule has 24 heavy (non-hydrogen) atoms. The second-order valence-corrected chi connectivity index (χ2v) is 7.74. The fraction of sp³-hybridized carbons (Fsp3) is 0.529. The van der Waals surface area contributed by atoms with Crippen LogP contribution in [0, 0.1) is 12.8 Å². The standard InChI is InChI=1S/C17H23N5OS/c1-12-8-10-21(11-9-12)16(23)14(3)24-17-18-19-20-22(17)15-7-5-4-6-13(15)2/h4-7,12,14H,8-11H2,1-3H3. The molecule has 0 N–H and O–H groups in total. The number of hydrogen-bond acceptors (Lipinski definition) is 5. The third-order valence-corrected chi connectivity index (χ3v) is 5.53. The van der Waals surface area contributed by atoms with Crippen molar-refractivity contribution in [3.63, 3.8) is 0 Å². The molecule has 0 bridgehead atoms. The van der Waals surface area contributed by atoms with Gasteiger partial charge in [0.05, 0.1) is 10.9 Å². The molecule has 1 aromatic heterocycles. The Morgan fingerprint density at radius 3 is 2.71 bits per heavy atom. The fourth-order valence-corrected chi connectivity index (χ4v) is 3.78. The van der Waals surface area contributed by atoms with Gasteiger partial charge in [0.2, 0.25) is 11.1 Å². The van der Waals surface area contributed by atoms with E-state index in [-0.39, 0.29) is 11.2 Å². The van der Waals surface area contributed by atoms with Gasteiger partial charge in [0.1, 0.15) is 0 Å². The first-order valence-electron chi connectivity index (χ1n) is 8.36. The van der Waals surface area contributed by atoms with Crippen LogP contribution in [0.4, 0.5) is 0 Å². The average molecular weight is 345 g/mol. The second kappa shape index (κ2) is 7.34. The van der Waals surface area contributed by atoms with Crippen LogP contribution in [0.1, 0.15) is 32.3 Å². The first-order chi connectivity index (χ1) is 11.6. The number of aryl methyl sites for hydroxylation is 1. The summed E-state index contributed by atoms with van der Waals surface area (Å²) >= 11 is 1.42. The molecular weight excluding hydrogens is 322 g/mol. The van der Waals surface area contributed by atoms with Crippen molar-refractivity contribution in [1.29, 1.82) is 0 Å². The maximum absolute atomic E-state index is 12.7. The van der Waals surface area contributed by atoms with Crippen molar-refractivity contribution < 1.29 is 4.79 Å². The Morgan fingerprint density at radius 1 is 1.29 bits per heavy atom. The number of likely N-dealkylation sites (tertiary alicyclic amines) is 1. The van der Waals surface area contributed by atoms with E-state index in [1.165, 1.54) is 11.8 Å². The van der Waals surface area contributed by atoms with Gasteiger partial charge in [0, 0.05) is 13.1 Å². The minimum atomic E-state index is -0.202. The number of aromatic nitrogens is 4. The van der Waals surface area contributed by atoms with Crippen LogP contribution < -0.4 is 0 Å². The number of rotatable bonds is 4. The zero-order chi connectivity index (χ0) is 17.1. The highest BCUT2D eigenvalue weighted by atomic mass is 32.2. The summed E-state index contributed by atoms with van der Waals surface area (Å²) < 4.78 is 1.71. The Labute approximate surface area is 146 Å². The molecule has 0 saturated carbocycles. The molecule has 3 rings (SSSR count). The van der Waals surface area contributed by atoms with Gasteiger partial charge in [0.25, 0.3) is 0 Å².